The van der Waals surface area contributed by atoms with Gasteiger partial charge in [-0.05, 0) is 75.0 Å². The second kappa shape index (κ2) is 11.5. The average molecular weight is 601 g/mol. The van der Waals surface area contributed by atoms with Crippen molar-refractivity contribution in [1.82, 2.24) is 0 Å². The molecule has 0 amide bonds. The Labute approximate surface area is 256 Å². The van der Waals surface area contributed by atoms with Gasteiger partial charge in [-0.3, -0.25) is 19.2 Å². The Morgan fingerprint density at radius 1 is 1.02 bits per heavy atom. The van der Waals surface area contributed by atoms with E-state index in [2.05, 4.69) is 52.9 Å². The van der Waals surface area contributed by atoms with Gasteiger partial charge in [-0.1, -0.05) is 59.3 Å². The Morgan fingerprint density at radius 2 is 1.67 bits per heavy atom. The van der Waals surface area contributed by atoms with Crippen molar-refractivity contribution in [3.63, 3.8) is 0 Å². The number of aliphatic carboxylic acids is 1. The molecule has 0 radical (unpaired) electrons. The number of aliphatic hydroxyl groups is 1. The van der Waals surface area contributed by atoms with Crippen molar-refractivity contribution in [2.75, 3.05) is 7.11 Å². The highest BCUT2D eigenvalue weighted by molar-refractivity contribution is 5.99. The van der Waals surface area contributed by atoms with Crippen LogP contribution >= 0.6 is 0 Å². The number of ketones is 1. The predicted molar refractivity (Wildman–Crippen MR) is 162 cm³/mol. The van der Waals surface area contributed by atoms with E-state index in [0.717, 1.165) is 42.4 Å². The molecule has 0 unspecified atom stereocenters. The molecule has 4 aliphatic rings. The summed E-state index contributed by atoms with van der Waals surface area (Å²) >= 11 is 0. The predicted octanol–water partition coefficient (Wildman–Crippen LogP) is 6.05. The number of allylic oxidation sites excluding steroid dienone is 1. The molecule has 0 heterocycles. The smallest absolute Gasteiger partial charge is 0.317 e. The fourth-order valence-electron chi connectivity index (χ4n) is 9.91. The maximum atomic E-state index is 14.3. The summed E-state index contributed by atoms with van der Waals surface area (Å²) in [4.78, 5) is 49.9. The zero-order chi connectivity index (χ0) is 32.3. The van der Waals surface area contributed by atoms with Crippen molar-refractivity contribution in [3.8, 4) is 0 Å². The molecule has 2 saturated carbocycles. The van der Waals surface area contributed by atoms with Crippen LogP contribution in [-0.4, -0.2) is 53.2 Å². The van der Waals surface area contributed by atoms with Gasteiger partial charge in [0.05, 0.1) is 19.1 Å². The van der Waals surface area contributed by atoms with Gasteiger partial charge in [0, 0.05) is 28.2 Å². The summed E-state index contributed by atoms with van der Waals surface area (Å²) in [5.74, 6) is -2.21. The molecule has 2 N–H and O–H groups in total. The third-order valence-electron chi connectivity index (χ3n) is 13.0. The van der Waals surface area contributed by atoms with Crippen molar-refractivity contribution in [1.29, 1.82) is 0 Å². The molecule has 0 aromatic carbocycles. The third kappa shape index (κ3) is 5.19. The van der Waals surface area contributed by atoms with Crippen LogP contribution in [0, 0.1) is 45.3 Å². The van der Waals surface area contributed by atoms with Crippen molar-refractivity contribution < 1.29 is 38.9 Å². The number of ether oxygens (including phenoxy) is 2. The average Bonchev–Trinajstić information content (AvgIpc) is 3.22. The van der Waals surface area contributed by atoms with Gasteiger partial charge in [-0.15, -0.1) is 0 Å². The molecule has 8 nitrogen and oxygen atoms in total. The fourth-order valence-corrected chi connectivity index (χ4v) is 9.91. The Kier molecular flexibility index (Phi) is 8.91. The molecule has 0 aromatic rings. The molecule has 240 valence electrons. The van der Waals surface area contributed by atoms with Crippen molar-refractivity contribution in [2.24, 2.45) is 45.3 Å². The maximum Gasteiger partial charge on any atom is 0.317 e. The number of Topliss-reactive ketones (excluding diaryl/α,β-unsaturated/α-hetero) is 1. The molecule has 9 atom stereocenters. The van der Waals surface area contributed by atoms with Gasteiger partial charge in [0.1, 0.15) is 12.5 Å². The number of hydrogen-bond acceptors (Lipinski definition) is 7. The van der Waals surface area contributed by atoms with E-state index in [-0.39, 0.29) is 29.0 Å². The summed E-state index contributed by atoms with van der Waals surface area (Å²) in [7, 11) is 1.24. The molecule has 2 fully saturated rings. The number of esters is 2. The lowest BCUT2D eigenvalue weighted by molar-refractivity contribution is -0.174. The number of methoxy groups -OCH3 is 1. The van der Waals surface area contributed by atoms with Crippen molar-refractivity contribution >= 4 is 23.7 Å². The summed E-state index contributed by atoms with van der Waals surface area (Å²) in [6.45, 7) is 18.6. The van der Waals surface area contributed by atoms with E-state index in [1.54, 1.807) is 6.92 Å². The quantitative estimate of drug-likeness (QED) is 0.186. The molecule has 0 spiro atoms. The van der Waals surface area contributed by atoms with Crippen molar-refractivity contribution in [3.05, 3.63) is 23.3 Å². The fraction of sp³-hybridized carbons (Fsp3) is 0.771. The van der Waals surface area contributed by atoms with Gasteiger partial charge >= 0.3 is 17.9 Å². The Hall–Kier alpha value is -2.48. The normalized spacial score (nSPS) is 37.8. The summed E-state index contributed by atoms with van der Waals surface area (Å²) in [5, 5.41) is 21.4. The Morgan fingerprint density at radius 3 is 2.28 bits per heavy atom. The van der Waals surface area contributed by atoms with E-state index >= 15 is 0 Å². The largest absolute Gasteiger partial charge is 0.481 e. The van der Waals surface area contributed by atoms with E-state index in [4.69, 9.17) is 4.74 Å². The number of fused-ring (bicyclic) bond motifs is 4. The maximum absolute atomic E-state index is 14.3. The first-order valence-corrected chi connectivity index (χ1v) is 16.0. The van der Waals surface area contributed by atoms with Gasteiger partial charge in [0.2, 0.25) is 0 Å². The molecule has 4 rings (SSSR count). The number of carboxylic acid groups (broad SMARTS) is 1. The highest BCUT2D eigenvalue weighted by Crippen LogP contribution is 2.72. The molecule has 43 heavy (non-hydrogen) atoms. The van der Waals surface area contributed by atoms with Crippen LogP contribution in [0.3, 0.4) is 0 Å². The summed E-state index contributed by atoms with van der Waals surface area (Å²) < 4.78 is 10.4. The van der Waals surface area contributed by atoms with E-state index in [0.29, 0.717) is 25.7 Å². The monoisotopic (exact) mass is 600 g/mol. The molecule has 0 aromatic heterocycles. The van der Waals surface area contributed by atoms with E-state index in [9.17, 15) is 29.4 Å². The number of aliphatic hydroxyl groups excluding tert-OH is 1. The van der Waals surface area contributed by atoms with Gasteiger partial charge in [0.15, 0.2) is 5.78 Å². The lowest BCUT2D eigenvalue weighted by Crippen LogP contribution is -2.60. The second-order valence-corrected chi connectivity index (χ2v) is 15.3. The van der Waals surface area contributed by atoms with Crippen LogP contribution in [0.5, 0.6) is 0 Å². The number of hydrogen-bond donors (Lipinski definition) is 2. The third-order valence-corrected chi connectivity index (χ3v) is 13.0. The minimum absolute atomic E-state index is 0.0746. The minimum Gasteiger partial charge on any atom is -0.481 e. The van der Waals surface area contributed by atoms with Crippen LogP contribution in [0.1, 0.15) is 106 Å². The highest BCUT2D eigenvalue weighted by Gasteiger charge is 2.68. The molecule has 0 saturated heterocycles. The Balaban J connectivity index is 1.62. The SMILES string of the molecule is C=C(CC[C@@H](C)[C@H]1CC[C@@]2(C)C3=C(C[C@@H](O)[C@]12C)[C@@]1(C)CC[C@@H](OC(=O)CC(=O)OC)C(C)(C)[C@@H]1CC3=O)[C@H](C)C(=O)O. The first-order chi connectivity index (χ1) is 19.9. The molecule has 0 bridgehead atoms. The lowest BCUT2D eigenvalue weighted by atomic mass is 9.42. The second-order valence-electron chi connectivity index (χ2n) is 15.3. The molecule has 8 heteroatoms. The zero-order valence-electron chi connectivity index (χ0n) is 27.4. The summed E-state index contributed by atoms with van der Waals surface area (Å²) in [6.07, 6.45) is 3.82. The first kappa shape index (κ1) is 33.4. The standard InChI is InChI=1S/C35H52O8/c1-19(21(3)31(40)41)10-11-20(2)22-12-15-34(7)30-23(16-26(37)35(22,34)8)33(6)14-13-27(43-29(39)18-28(38)42-9)32(4,5)25(33)17-24(30)36/h20-22,25-27,37H,1,10-18H2,2-9H3,(H,40,41)/t20-,21+,22-,25+,26-,27-,33-,34+,35+/m1/s1. The van der Waals surface area contributed by atoms with E-state index in [1.807, 2.05) is 0 Å². The lowest BCUT2D eigenvalue weighted by Gasteiger charge is -2.62. The van der Waals surface area contributed by atoms with Crippen molar-refractivity contribution in [2.45, 2.75) is 118 Å². The van der Waals surface area contributed by atoms with Crippen LogP contribution in [0.4, 0.5) is 0 Å². The molecular weight excluding hydrogens is 548 g/mol. The van der Waals surface area contributed by atoms with Gasteiger partial charge in [-0.25, -0.2) is 0 Å². The van der Waals surface area contributed by atoms with Crippen LogP contribution < -0.4 is 0 Å². The minimum atomic E-state index is -0.862. The highest BCUT2D eigenvalue weighted by atomic mass is 16.6. The zero-order valence-corrected chi connectivity index (χ0v) is 27.4. The molecule has 4 aliphatic carbocycles. The Bertz CT molecular complexity index is 1230. The first-order valence-electron chi connectivity index (χ1n) is 16.0. The van der Waals surface area contributed by atoms with Crippen LogP contribution in [0.25, 0.3) is 0 Å². The van der Waals surface area contributed by atoms with Crippen LogP contribution in [-0.2, 0) is 28.7 Å². The summed E-state index contributed by atoms with van der Waals surface area (Å²) in [5.41, 5.74) is 0.943. The van der Waals surface area contributed by atoms with Gasteiger partial charge in [-0.2, -0.15) is 0 Å². The summed E-state index contributed by atoms with van der Waals surface area (Å²) in [6, 6.07) is 0. The van der Waals surface area contributed by atoms with Gasteiger partial charge < -0.3 is 19.7 Å². The topological polar surface area (TPSA) is 127 Å². The van der Waals surface area contributed by atoms with E-state index in [1.165, 1.54) is 7.11 Å². The number of carboxylic acids is 1. The van der Waals surface area contributed by atoms with Crippen LogP contribution in [0.2, 0.25) is 0 Å². The molecular formula is C35H52O8. The van der Waals surface area contributed by atoms with Gasteiger partial charge in [0.25, 0.3) is 0 Å². The number of carbonyl (C=O) groups excluding carboxylic acids is 3. The van der Waals surface area contributed by atoms with Crippen LogP contribution in [0.15, 0.2) is 23.3 Å². The number of carbonyl (C=O) groups is 4. The number of rotatable bonds is 9. The van der Waals surface area contributed by atoms with E-state index < -0.39 is 58.7 Å². The molecule has 0 aliphatic heterocycles.